The van der Waals surface area contributed by atoms with E-state index in [1.54, 1.807) is 23.0 Å². The second kappa shape index (κ2) is 7.35. The minimum Gasteiger partial charge on any atom is -0.295 e. The molecule has 0 aliphatic rings. The van der Waals surface area contributed by atoms with Crippen molar-refractivity contribution >= 4 is 46.4 Å². The minimum absolute atomic E-state index is 0.308. The SMILES string of the molecule is Cc1ccnn1-c1ccc(C(=O)NNc2c(Cl)cc(Cl)cc2Cl)cc1. The summed E-state index contributed by atoms with van der Waals surface area (Å²) in [4.78, 5) is 12.3. The standard InChI is InChI=1S/C17H13Cl3N4O/c1-10-6-7-21-24(10)13-4-2-11(3-5-13)17(25)23-22-16-14(19)8-12(18)9-15(16)20/h2-9,22H,1H3,(H,23,25). The molecule has 0 spiro atoms. The molecular weight excluding hydrogens is 383 g/mol. The fourth-order valence-electron chi connectivity index (χ4n) is 2.25. The van der Waals surface area contributed by atoms with Gasteiger partial charge in [-0.25, -0.2) is 4.68 Å². The Morgan fingerprint density at radius 2 is 1.68 bits per heavy atom. The molecule has 0 saturated carbocycles. The van der Waals surface area contributed by atoms with Crippen LogP contribution in [0.3, 0.4) is 0 Å². The van der Waals surface area contributed by atoms with E-state index in [1.165, 1.54) is 12.1 Å². The first kappa shape index (κ1) is 17.6. The van der Waals surface area contributed by atoms with Crippen LogP contribution in [-0.2, 0) is 0 Å². The number of nitrogens with one attached hydrogen (secondary N) is 2. The van der Waals surface area contributed by atoms with E-state index in [1.807, 2.05) is 25.1 Å². The summed E-state index contributed by atoms with van der Waals surface area (Å²) in [5, 5.41) is 5.26. The highest BCUT2D eigenvalue weighted by Gasteiger charge is 2.11. The van der Waals surface area contributed by atoms with Gasteiger partial charge in [-0.1, -0.05) is 34.8 Å². The van der Waals surface area contributed by atoms with Crippen LogP contribution < -0.4 is 10.9 Å². The molecule has 8 heteroatoms. The number of halogens is 3. The molecule has 3 aromatic rings. The highest BCUT2D eigenvalue weighted by molar-refractivity contribution is 6.41. The zero-order valence-electron chi connectivity index (χ0n) is 13.1. The Morgan fingerprint density at radius 3 is 2.24 bits per heavy atom. The summed E-state index contributed by atoms with van der Waals surface area (Å²) in [5.74, 6) is -0.328. The second-order valence-electron chi connectivity index (χ2n) is 5.25. The van der Waals surface area contributed by atoms with E-state index in [0.717, 1.165) is 11.4 Å². The number of anilines is 1. The lowest BCUT2D eigenvalue weighted by molar-refractivity contribution is 0.0962. The van der Waals surface area contributed by atoms with Gasteiger partial charge in [-0.3, -0.25) is 15.6 Å². The largest absolute Gasteiger partial charge is 0.295 e. The summed E-state index contributed by atoms with van der Waals surface area (Å²) in [6.07, 6.45) is 1.72. The van der Waals surface area contributed by atoms with Gasteiger partial charge in [0.15, 0.2) is 0 Å². The van der Waals surface area contributed by atoms with Gasteiger partial charge >= 0.3 is 0 Å². The average molecular weight is 396 g/mol. The Bertz CT molecular complexity index is 899. The van der Waals surface area contributed by atoms with E-state index in [4.69, 9.17) is 34.8 Å². The van der Waals surface area contributed by atoms with E-state index < -0.39 is 0 Å². The molecule has 0 aliphatic carbocycles. The summed E-state index contributed by atoms with van der Waals surface area (Å²) < 4.78 is 1.78. The van der Waals surface area contributed by atoms with Crippen molar-refractivity contribution < 1.29 is 4.79 Å². The van der Waals surface area contributed by atoms with Crippen LogP contribution >= 0.6 is 34.8 Å². The van der Waals surface area contributed by atoms with Gasteiger partial charge in [0.1, 0.15) is 0 Å². The van der Waals surface area contributed by atoms with E-state index in [9.17, 15) is 4.79 Å². The van der Waals surface area contributed by atoms with Crippen molar-refractivity contribution in [3.63, 3.8) is 0 Å². The molecule has 0 unspecified atom stereocenters. The fourth-order valence-corrected chi connectivity index (χ4v) is 3.16. The van der Waals surface area contributed by atoms with E-state index in [0.29, 0.717) is 26.3 Å². The van der Waals surface area contributed by atoms with Gasteiger partial charge in [-0.15, -0.1) is 0 Å². The first-order valence-electron chi connectivity index (χ1n) is 7.27. The predicted octanol–water partition coefficient (Wildman–Crippen LogP) is 4.90. The smallest absolute Gasteiger partial charge is 0.269 e. The monoisotopic (exact) mass is 394 g/mol. The summed E-state index contributed by atoms with van der Waals surface area (Å²) >= 11 is 18.0. The number of rotatable bonds is 4. The van der Waals surface area contributed by atoms with Crippen LogP contribution in [0.2, 0.25) is 15.1 Å². The van der Waals surface area contributed by atoms with Crippen molar-refractivity contribution in [1.82, 2.24) is 15.2 Å². The molecule has 0 radical (unpaired) electrons. The van der Waals surface area contributed by atoms with Gasteiger partial charge in [0.05, 0.1) is 21.4 Å². The fraction of sp³-hybridized carbons (Fsp3) is 0.0588. The Kier molecular flexibility index (Phi) is 5.18. The Morgan fingerprint density at radius 1 is 1.04 bits per heavy atom. The lowest BCUT2D eigenvalue weighted by Gasteiger charge is -2.12. The number of benzene rings is 2. The molecule has 2 N–H and O–H groups in total. The molecule has 3 rings (SSSR count). The number of amides is 1. The molecule has 128 valence electrons. The molecule has 2 aromatic carbocycles. The normalized spacial score (nSPS) is 10.6. The molecule has 0 saturated heterocycles. The van der Waals surface area contributed by atoms with Gasteiger partial charge in [0.25, 0.3) is 5.91 Å². The molecular formula is C17H13Cl3N4O. The first-order valence-corrected chi connectivity index (χ1v) is 8.41. The number of carbonyl (C=O) groups excluding carboxylic acids is 1. The summed E-state index contributed by atoms with van der Waals surface area (Å²) in [5.41, 5.74) is 8.01. The van der Waals surface area contributed by atoms with Gasteiger partial charge in [0, 0.05) is 22.5 Å². The third-order valence-electron chi connectivity index (χ3n) is 3.51. The molecule has 1 amide bonds. The Labute approximate surface area is 159 Å². The topological polar surface area (TPSA) is 59.0 Å². The molecule has 0 atom stereocenters. The van der Waals surface area contributed by atoms with E-state index in [-0.39, 0.29) is 5.91 Å². The number of hydrogen-bond donors (Lipinski definition) is 2. The number of hydrazine groups is 1. The number of carbonyl (C=O) groups is 1. The molecule has 0 fully saturated rings. The molecule has 25 heavy (non-hydrogen) atoms. The van der Waals surface area contributed by atoms with Crippen LogP contribution in [0.1, 0.15) is 16.1 Å². The van der Waals surface area contributed by atoms with Gasteiger partial charge in [0.2, 0.25) is 0 Å². The van der Waals surface area contributed by atoms with Gasteiger partial charge in [-0.05, 0) is 49.4 Å². The second-order valence-corrected chi connectivity index (χ2v) is 6.51. The third kappa shape index (κ3) is 3.90. The first-order chi connectivity index (χ1) is 12.0. The maximum absolute atomic E-state index is 12.3. The number of aromatic nitrogens is 2. The van der Waals surface area contributed by atoms with Crippen molar-refractivity contribution in [3.8, 4) is 5.69 Å². The summed E-state index contributed by atoms with van der Waals surface area (Å²) in [6.45, 7) is 1.96. The van der Waals surface area contributed by atoms with Crippen LogP contribution in [-0.4, -0.2) is 15.7 Å². The Balaban J connectivity index is 1.71. The van der Waals surface area contributed by atoms with E-state index >= 15 is 0 Å². The quantitative estimate of drug-likeness (QED) is 0.618. The van der Waals surface area contributed by atoms with Crippen LogP contribution in [0.4, 0.5) is 5.69 Å². The molecule has 0 aliphatic heterocycles. The zero-order valence-corrected chi connectivity index (χ0v) is 15.3. The van der Waals surface area contributed by atoms with E-state index in [2.05, 4.69) is 16.0 Å². The zero-order chi connectivity index (χ0) is 18.0. The molecule has 1 aromatic heterocycles. The van der Waals surface area contributed by atoms with Crippen LogP contribution in [0.5, 0.6) is 0 Å². The van der Waals surface area contributed by atoms with Crippen LogP contribution in [0.15, 0.2) is 48.7 Å². The van der Waals surface area contributed by atoms with Gasteiger partial charge < -0.3 is 0 Å². The maximum atomic E-state index is 12.3. The van der Waals surface area contributed by atoms with Crippen molar-refractivity contribution in [2.45, 2.75) is 6.92 Å². The number of hydrogen-bond acceptors (Lipinski definition) is 3. The number of nitrogens with zero attached hydrogens (tertiary/aromatic N) is 2. The summed E-state index contributed by atoms with van der Waals surface area (Å²) in [7, 11) is 0. The maximum Gasteiger partial charge on any atom is 0.269 e. The third-order valence-corrected chi connectivity index (χ3v) is 4.33. The van der Waals surface area contributed by atoms with Crippen LogP contribution in [0.25, 0.3) is 5.69 Å². The van der Waals surface area contributed by atoms with Crippen molar-refractivity contribution in [3.05, 3.63) is 75.0 Å². The van der Waals surface area contributed by atoms with Crippen molar-refractivity contribution in [2.24, 2.45) is 0 Å². The lowest BCUT2D eigenvalue weighted by atomic mass is 10.2. The number of aryl methyl sites for hydroxylation is 1. The van der Waals surface area contributed by atoms with Crippen molar-refractivity contribution in [2.75, 3.05) is 5.43 Å². The van der Waals surface area contributed by atoms with Crippen LogP contribution in [0, 0.1) is 6.92 Å². The Hall–Kier alpha value is -2.21. The summed E-state index contributed by atoms with van der Waals surface area (Å²) in [6, 6.07) is 12.0. The minimum atomic E-state index is -0.328. The molecule has 0 bridgehead atoms. The lowest BCUT2D eigenvalue weighted by Crippen LogP contribution is -2.29. The molecule has 5 nitrogen and oxygen atoms in total. The highest BCUT2D eigenvalue weighted by atomic mass is 35.5. The predicted molar refractivity (Wildman–Crippen MR) is 101 cm³/mol. The van der Waals surface area contributed by atoms with Crippen molar-refractivity contribution in [1.29, 1.82) is 0 Å². The molecule has 1 heterocycles. The highest BCUT2D eigenvalue weighted by Crippen LogP contribution is 2.33. The average Bonchev–Trinajstić information content (AvgIpc) is 3.00. The van der Waals surface area contributed by atoms with Gasteiger partial charge in [-0.2, -0.15) is 5.10 Å².